The van der Waals surface area contributed by atoms with Crippen LogP contribution in [0, 0.1) is 5.92 Å². The Bertz CT molecular complexity index is 556. The summed E-state index contributed by atoms with van der Waals surface area (Å²) in [4.78, 5) is 16.8. The first-order valence-electron chi connectivity index (χ1n) is 9.05. The Morgan fingerprint density at radius 1 is 1.33 bits per heavy atom. The lowest BCUT2D eigenvalue weighted by Crippen LogP contribution is -2.47. The highest BCUT2D eigenvalue weighted by Gasteiger charge is 2.30. The SMILES string of the molecule is C[C@@H](Cc1ccc(O)cc1)N(C)C(=O)N[C@H]1CCN(CC2CC2)C1. The third-order valence-electron chi connectivity index (χ3n) is 5.26. The van der Waals surface area contributed by atoms with Gasteiger partial charge in [-0.2, -0.15) is 0 Å². The van der Waals surface area contributed by atoms with Crippen molar-refractivity contribution in [2.75, 3.05) is 26.7 Å². The molecule has 2 amide bonds. The lowest BCUT2D eigenvalue weighted by atomic mass is 10.1. The van der Waals surface area contributed by atoms with Crippen LogP contribution >= 0.6 is 0 Å². The number of amides is 2. The number of hydrogen-bond acceptors (Lipinski definition) is 3. The molecule has 0 unspecified atom stereocenters. The number of aromatic hydroxyl groups is 1. The number of carbonyl (C=O) groups is 1. The molecule has 2 aliphatic rings. The number of phenolic OH excluding ortho intramolecular Hbond substituents is 1. The molecule has 1 saturated heterocycles. The van der Waals surface area contributed by atoms with Crippen LogP contribution in [0.3, 0.4) is 0 Å². The summed E-state index contributed by atoms with van der Waals surface area (Å²) < 4.78 is 0. The standard InChI is InChI=1S/C19H29N3O2/c1-14(11-15-5-7-18(23)8-6-15)21(2)19(24)20-17-9-10-22(13-17)12-16-3-4-16/h5-8,14,16-17,23H,3-4,9-13H2,1-2H3,(H,20,24)/t14-,17-/m0/s1. The summed E-state index contributed by atoms with van der Waals surface area (Å²) in [6.07, 6.45) is 4.59. The fourth-order valence-corrected chi connectivity index (χ4v) is 3.37. The van der Waals surface area contributed by atoms with Crippen LogP contribution < -0.4 is 5.32 Å². The normalized spacial score (nSPS) is 22.3. The topological polar surface area (TPSA) is 55.8 Å². The van der Waals surface area contributed by atoms with Crippen LogP contribution in [0.25, 0.3) is 0 Å². The Balaban J connectivity index is 1.44. The molecule has 2 fully saturated rings. The minimum atomic E-state index is 0.0135. The van der Waals surface area contributed by atoms with Gasteiger partial charge in [-0.3, -0.25) is 0 Å². The number of nitrogens with zero attached hydrogens (tertiary/aromatic N) is 2. The molecule has 1 heterocycles. The zero-order valence-corrected chi connectivity index (χ0v) is 14.7. The number of carbonyl (C=O) groups excluding carboxylic acids is 1. The molecule has 0 radical (unpaired) electrons. The summed E-state index contributed by atoms with van der Waals surface area (Å²) in [7, 11) is 1.86. The number of phenols is 1. The molecule has 5 heteroatoms. The van der Waals surface area contributed by atoms with Crippen molar-refractivity contribution in [3.05, 3.63) is 29.8 Å². The highest BCUT2D eigenvalue weighted by atomic mass is 16.3. The molecule has 0 aromatic heterocycles. The second-order valence-corrected chi connectivity index (χ2v) is 7.47. The minimum absolute atomic E-state index is 0.0135. The minimum Gasteiger partial charge on any atom is -0.508 e. The third-order valence-corrected chi connectivity index (χ3v) is 5.26. The van der Waals surface area contributed by atoms with E-state index in [2.05, 4.69) is 17.1 Å². The molecule has 1 saturated carbocycles. The van der Waals surface area contributed by atoms with E-state index < -0.39 is 0 Å². The highest BCUT2D eigenvalue weighted by molar-refractivity contribution is 5.74. The van der Waals surface area contributed by atoms with Crippen LogP contribution in [0.15, 0.2) is 24.3 Å². The Kier molecular flexibility index (Phi) is 5.29. The number of benzene rings is 1. The maximum Gasteiger partial charge on any atom is 0.317 e. The number of likely N-dealkylation sites (tertiary alicyclic amines) is 1. The maximum atomic E-state index is 12.5. The molecule has 5 nitrogen and oxygen atoms in total. The third kappa shape index (κ3) is 4.63. The number of nitrogens with one attached hydrogen (secondary N) is 1. The molecule has 3 rings (SSSR count). The Hall–Kier alpha value is -1.75. The van der Waals surface area contributed by atoms with Crippen molar-refractivity contribution in [3.63, 3.8) is 0 Å². The van der Waals surface area contributed by atoms with Gasteiger partial charge in [-0.25, -0.2) is 4.79 Å². The molecule has 0 bridgehead atoms. The summed E-state index contributed by atoms with van der Waals surface area (Å²) in [5.74, 6) is 1.18. The average Bonchev–Trinajstić information content (AvgIpc) is 3.27. The first kappa shape index (κ1) is 17.1. The van der Waals surface area contributed by atoms with Gasteiger partial charge in [-0.15, -0.1) is 0 Å². The van der Waals surface area contributed by atoms with Crippen molar-refractivity contribution >= 4 is 6.03 Å². The van der Waals surface area contributed by atoms with E-state index in [1.807, 2.05) is 19.2 Å². The fraction of sp³-hybridized carbons (Fsp3) is 0.632. The molecule has 2 N–H and O–H groups in total. The molecule has 24 heavy (non-hydrogen) atoms. The molecule has 0 spiro atoms. The fourth-order valence-electron chi connectivity index (χ4n) is 3.37. The van der Waals surface area contributed by atoms with Crippen molar-refractivity contribution < 1.29 is 9.90 Å². The molecule has 2 atom stereocenters. The van der Waals surface area contributed by atoms with E-state index in [0.717, 1.165) is 37.4 Å². The Morgan fingerprint density at radius 3 is 2.71 bits per heavy atom. The quantitative estimate of drug-likeness (QED) is 0.842. The van der Waals surface area contributed by atoms with E-state index in [9.17, 15) is 9.90 Å². The summed E-state index contributed by atoms with van der Waals surface area (Å²) in [6.45, 7) is 5.36. The summed E-state index contributed by atoms with van der Waals surface area (Å²) >= 11 is 0. The zero-order chi connectivity index (χ0) is 17.1. The number of likely N-dealkylation sites (N-methyl/N-ethyl adjacent to an activating group) is 1. The van der Waals surface area contributed by atoms with Crippen molar-refractivity contribution in [2.45, 2.75) is 44.7 Å². The summed E-state index contributed by atoms with van der Waals surface area (Å²) in [5.41, 5.74) is 1.12. The van der Waals surface area contributed by atoms with Gasteiger partial charge in [0.05, 0.1) is 0 Å². The van der Waals surface area contributed by atoms with E-state index in [1.165, 1.54) is 19.4 Å². The molecule has 132 valence electrons. The molecule has 1 aliphatic carbocycles. The van der Waals surface area contributed by atoms with Crippen molar-refractivity contribution in [2.24, 2.45) is 5.92 Å². The molecule has 1 aromatic carbocycles. The zero-order valence-electron chi connectivity index (χ0n) is 14.7. The van der Waals surface area contributed by atoms with E-state index in [1.54, 1.807) is 17.0 Å². The van der Waals surface area contributed by atoms with Crippen LogP contribution in [0.2, 0.25) is 0 Å². The second kappa shape index (κ2) is 7.43. The van der Waals surface area contributed by atoms with E-state index >= 15 is 0 Å². The summed E-state index contributed by atoms with van der Waals surface area (Å²) in [6, 6.07) is 7.59. The van der Waals surface area contributed by atoms with Gasteiger partial charge in [0.2, 0.25) is 0 Å². The molecule has 1 aliphatic heterocycles. The smallest absolute Gasteiger partial charge is 0.317 e. The van der Waals surface area contributed by atoms with Gasteiger partial charge in [0.25, 0.3) is 0 Å². The van der Waals surface area contributed by atoms with E-state index in [4.69, 9.17) is 0 Å². The maximum absolute atomic E-state index is 12.5. The van der Waals surface area contributed by atoms with Crippen LogP contribution in [0.5, 0.6) is 5.75 Å². The van der Waals surface area contributed by atoms with E-state index in [-0.39, 0.29) is 23.9 Å². The van der Waals surface area contributed by atoms with Gasteiger partial charge in [-0.1, -0.05) is 12.1 Å². The Morgan fingerprint density at radius 2 is 2.04 bits per heavy atom. The van der Waals surface area contributed by atoms with Crippen molar-refractivity contribution in [1.82, 2.24) is 15.1 Å². The van der Waals surface area contributed by atoms with Gasteiger partial charge in [0, 0.05) is 38.8 Å². The van der Waals surface area contributed by atoms with Crippen LogP contribution in [-0.2, 0) is 6.42 Å². The molecular formula is C19H29N3O2. The van der Waals surface area contributed by atoms with Gasteiger partial charge >= 0.3 is 6.03 Å². The lowest BCUT2D eigenvalue weighted by Gasteiger charge is -2.27. The van der Waals surface area contributed by atoms with Crippen LogP contribution in [0.1, 0.15) is 31.7 Å². The van der Waals surface area contributed by atoms with Crippen molar-refractivity contribution in [3.8, 4) is 5.75 Å². The van der Waals surface area contributed by atoms with Crippen LogP contribution in [0.4, 0.5) is 4.79 Å². The lowest BCUT2D eigenvalue weighted by molar-refractivity contribution is 0.189. The van der Waals surface area contributed by atoms with Gasteiger partial charge in [0.1, 0.15) is 5.75 Å². The van der Waals surface area contributed by atoms with Gasteiger partial charge in [-0.05, 0) is 56.2 Å². The largest absolute Gasteiger partial charge is 0.508 e. The number of rotatable bonds is 6. The second-order valence-electron chi connectivity index (χ2n) is 7.47. The number of urea groups is 1. The predicted octanol–water partition coefficient (Wildman–Crippen LogP) is 2.45. The van der Waals surface area contributed by atoms with Crippen molar-refractivity contribution in [1.29, 1.82) is 0 Å². The molecular weight excluding hydrogens is 302 g/mol. The van der Waals surface area contributed by atoms with Gasteiger partial charge < -0.3 is 20.2 Å². The first-order chi connectivity index (χ1) is 11.5. The average molecular weight is 331 g/mol. The van der Waals surface area contributed by atoms with Gasteiger partial charge in [0.15, 0.2) is 0 Å². The monoisotopic (exact) mass is 331 g/mol. The first-order valence-corrected chi connectivity index (χ1v) is 9.05. The van der Waals surface area contributed by atoms with E-state index in [0.29, 0.717) is 0 Å². The Labute approximate surface area is 144 Å². The molecule has 1 aromatic rings. The highest BCUT2D eigenvalue weighted by Crippen LogP contribution is 2.30. The summed E-state index contributed by atoms with van der Waals surface area (Å²) in [5, 5.41) is 12.5. The predicted molar refractivity (Wildman–Crippen MR) is 95.1 cm³/mol. The number of hydrogen-bond donors (Lipinski definition) is 2. The van der Waals surface area contributed by atoms with Crippen LogP contribution in [-0.4, -0.2) is 59.7 Å².